The lowest BCUT2D eigenvalue weighted by atomic mass is 9.91. The summed E-state index contributed by atoms with van der Waals surface area (Å²) in [5, 5.41) is 18.0. The third kappa shape index (κ3) is 6.11. The van der Waals surface area contributed by atoms with Crippen molar-refractivity contribution in [2.45, 2.75) is 37.8 Å². The average Bonchev–Trinajstić information content (AvgIpc) is 3.34. The smallest absolute Gasteiger partial charge is 0.208 e. The van der Waals surface area contributed by atoms with E-state index in [0.717, 1.165) is 41.5 Å². The highest BCUT2D eigenvalue weighted by molar-refractivity contribution is 7.88. The summed E-state index contributed by atoms with van der Waals surface area (Å²) in [7, 11) is -3.22. The maximum Gasteiger partial charge on any atom is 0.208 e. The molecule has 1 aliphatic carbocycles. The fourth-order valence-electron chi connectivity index (χ4n) is 4.04. The Labute approximate surface area is 193 Å². The number of hydrogen-bond donors (Lipinski definition) is 4. The van der Waals surface area contributed by atoms with Crippen LogP contribution in [0.1, 0.15) is 31.2 Å². The molecule has 9 nitrogen and oxygen atoms in total. The van der Waals surface area contributed by atoms with Crippen LogP contribution < -0.4 is 10.0 Å². The van der Waals surface area contributed by atoms with Gasteiger partial charge in [0.05, 0.1) is 12.5 Å². The molecule has 172 valence electrons. The third-order valence-corrected chi connectivity index (χ3v) is 6.38. The van der Waals surface area contributed by atoms with Gasteiger partial charge in [-0.05, 0) is 37.3 Å². The van der Waals surface area contributed by atoms with Crippen molar-refractivity contribution >= 4 is 21.8 Å². The molecule has 10 heteroatoms. The summed E-state index contributed by atoms with van der Waals surface area (Å²) in [6.45, 7) is 0. The van der Waals surface area contributed by atoms with Crippen LogP contribution in [0, 0.1) is 5.41 Å². The molecule has 3 aromatic rings. The summed E-state index contributed by atoms with van der Waals surface area (Å²) < 4.78 is 25.7. The van der Waals surface area contributed by atoms with E-state index in [4.69, 9.17) is 5.41 Å². The Hall–Kier alpha value is -3.37. The number of aromatic nitrogens is 4. The largest absolute Gasteiger partial charge is 0.388 e. The second-order valence-corrected chi connectivity index (χ2v) is 10.0. The minimum Gasteiger partial charge on any atom is -0.388 e. The summed E-state index contributed by atoms with van der Waals surface area (Å²) in [4.78, 5) is 9.01. The molecule has 1 fully saturated rings. The predicted molar refractivity (Wildman–Crippen MR) is 129 cm³/mol. The molecule has 33 heavy (non-hydrogen) atoms. The molecule has 1 saturated carbocycles. The van der Waals surface area contributed by atoms with Gasteiger partial charge in [0.15, 0.2) is 5.82 Å². The third-order valence-electron chi connectivity index (χ3n) is 5.62. The van der Waals surface area contributed by atoms with E-state index in [1.807, 2.05) is 30.5 Å². The maximum absolute atomic E-state index is 11.5. The zero-order chi connectivity index (χ0) is 23.3. The number of hydrogen-bond acceptors (Lipinski definition) is 7. The molecule has 0 amide bonds. The summed E-state index contributed by atoms with van der Waals surface area (Å²) in [6.07, 6.45) is 14.7. The van der Waals surface area contributed by atoms with Crippen molar-refractivity contribution in [1.29, 1.82) is 5.41 Å². The van der Waals surface area contributed by atoms with Gasteiger partial charge in [-0.3, -0.25) is 5.10 Å². The Morgan fingerprint density at radius 1 is 1.12 bits per heavy atom. The van der Waals surface area contributed by atoms with Crippen LogP contribution in [-0.2, 0) is 10.0 Å². The van der Waals surface area contributed by atoms with Gasteiger partial charge < -0.3 is 10.7 Å². The highest BCUT2D eigenvalue weighted by atomic mass is 32.2. The molecule has 0 aliphatic heterocycles. The van der Waals surface area contributed by atoms with Gasteiger partial charge >= 0.3 is 0 Å². The van der Waals surface area contributed by atoms with E-state index >= 15 is 0 Å². The topological polar surface area (TPSA) is 137 Å². The highest BCUT2D eigenvalue weighted by Crippen LogP contribution is 2.24. The van der Waals surface area contributed by atoms with E-state index in [1.165, 1.54) is 12.5 Å². The van der Waals surface area contributed by atoms with E-state index in [1.54, 1.807) is 24.8 Å². The lowest BCUT2D eigenvalue weighted by Gasteiger charge is -2.29. The van der Waals surface area contributed by atoms with E-state index in [-0.39, 0.29) is 12.1 Å². The number of aromatic amines is 1. The monoisotopic (exact) mass is 465 g/mol. The van der Waals surface area contributed by atoms with Crippen LogP contribution in [0.4, 0.5) is 0 Å². The Balaban J connectivity index is 1.44. The summed E-state index contributed by atoms with van der Waals surface area (Å²) in [5.41, 5.74) is 4.30. The molecule has 0 spiro atoms. The number of H-pyrrole nitrogens is 1. The quantitative estimate of drug-likeness (QED) is 0.378. The molecule has 0 radical (unpaired) electrons. The fourth-order valence-corrected chi connectivity index (χ4v) is 4.86. The first kappa shape index (κ1) is 22.8. The molecule has 1 aliphatic rings. The van der Waals surface area contributed by atoms with Gasteiger partial charge in [-0.2, -0.15) is 5.10 Å². The van der Waals surface area contributed by atoms with Crippen molar-refractivity contribution in [3.63, 3.8) is 0 Å². The highest BCUT2D eigenvalue weighted by Gasteiger charge is 2.23. The van der Waals surface area contributed by atoms with Crippen molar-refractivity contribution < 1.29 is 8.42 Å². The minimum absolute atomic E-state index is 0.0662. The van der Waals surface area contributed by atoms with Gasteiger partial charge in [-0.1, -0.05) is 18.2 Å². The van der Waals surface area contributed by atoms with E-state index in [2.05, 4.69) is 30.2 Å². The minimum atomic E-state index is -3.22. The van der Waals surface area contributed by atoms with Gasteiger partial charge in [0.1, 0.15) is 0 Å². The fraction of sp³-hybridized carbons (Fsp3) is 0.304. The normalized spacial score (nSPS) is 19.2. The molecule has 4 N–H and O–H groups in total. The van der Waals surface area contributed by atoms with Crippen LogP contribution in [0.25, 0.3) is 28.1 Å². The first-order valence-electron chi connectivity index (χ1n) is 10.8. The Morgan fingerprint density at radius 3 is 2.58 bits per heavy atom. The second-order valence-electron chi connectivity index (χ2n) is 8.22. The van der Waals surface area contributed by atoms with Gasteiger partial charge in [-0.15, -0.1) is 0 Å². The molecule has 2 heterocycles. The molecular formula is C23H27N7O2S. The van der Waals surface area contributed by atoms with Crippen LogP contribution in [0.2, 0.25) is 0 Å². The Bertz CT molecular complexity index is 1220. The molecule has 0 saturated heterocycles. The number of nitrogens with zero attached hydrogens (tertiary/aromatic N) is 3. The Morgan fingerprint density at radius 2 is 1.88 bits per heavy atom. The number of benzene rings is 1. The van der Waals surface area contributed by atoms with Crippen LogP contribution in [0.3, 0.4) is 0 Å². The first-order chi connectivity index (χ1) is 15.9. The van der Waals surface area contributed by atoms with Crippen LogP contribution >= 0.6 is 0 Å². The SMILES string of the molecule is CS(=O)(=O)N[C@@H]1CCC[C@@H](N/C=C(\C=N)c2cnc(-c3cccc(-c4cn[nH]c4)c3)nc2)C1. The predicted octanol–water partition coefficient (Wildman–Crippen LogP) is 2.97. The Kier molecular flexibility index (Phi) is 6.95. The van der Waals surface area contributed by atoms with E-state index in [0.29, 0.717) is 17.8 Å². The number of nitrogens with one attached hydrogen (secondary N) is 4. The van der Waals surface area contributed by atoms with Crippen molar-refractivity contribution in [2.24, 2.45) is 0 Å². The average molecular weight is 466 g/mol. The van der Waals surface area contributed by atoms with Gasteiger partial charge in [-0.25, -0.2) is 23.1 Å². The second kappa shape index (κ2) is 10.1. The zero-order valence-corrected chi connectivity index (χ0v) is 19.1. The summed E-state index contributed by atoms with van der Waals surface area (Å²) in [6, 6.07) is 8.00. The van der Waals surface area contributed by atoms with Gasteiger partial charge in [0, 0.05) is 65.4 Å². The molecule has 0 unspecified atom stereocenters. The lowest BCUT2D eigenvalue weighted by Crippen LogP contribution is -2.42. The molecule has 1 aromatic carbocycles. The maximum atomic E-state index is 11.5. The van der Waals surface area contributed by atoms with Crippen molar-refractivity contribution in [3.05, 3.63) is 60.8 Å². The number of allylic oxidation sites excluding steroid dienone is 1. The summed E-state index contributed by atoms with van der Waals surface area (Å²) >= 11 is 0. The molecule has 0 bridgehead atoms. The van der Waals surface area contributed by atoms with Crippen molar-refractivity contribution in [1.82, 2.24) is 30.2 Å². The summed E-state index contributed by atoms with van der Waals surface area (Å²) in [5.74, 6) is 0.600. The standard InChI is InChI=1S/C23H27N7O2S/c1-33(31,32)30-22-7-3-6-21(9-22)25-11-18(10-24)19-12-26-23(27-13-19)17-5-2-4-16(8-17)20-14-28-29-15-20/h2,4-5,8,10-15,21-22,24-25,30H,3,6-7,9H2,1H3,(H,28,29)/b18-11+,24-10?/t21-,22-/m1/s1. The lowest BCUT2D eigenvalue weighted by molar-refractivity contribution is 0.346. The van der Waals surface area contributed by atoms with Gasteiger partial charge in [0.25, 0.3) is 0 Å². The number of sulfonamides is 1. The van der Waals surface area contributed by atoms with Crippen molar-refractivity contribution in [3.8, 4) is 22.5 Å². The van der Waals surface area contributed by atoms with Gasteiger partial charge in [0.2, 0.25) is 10.0 Å². The number of rotatable bonds is 8. The molecule has 2 atom stereocenters. The van der Waals surface area contributed by atoms with Crippen LogP contribution in [0.5, 0.6) is 0 Å². The molecular weight excluding hydrogens is 438 g/mol. The van der Waals surface area contributed by atoms with E-state index in [9.17, 15) is 8.42 Å². The first-order valence-corrected chi connectivity index (χ1v) is 12.7. The van der Waals surface area contributed by atoms with Crippen LogP contribution in [-0.4, -0.2) is 53.1 Å². The zero-order valence-electron chi connectivity index (χ0n) is 18.3. The van der Waals surface area contributed by atoms with E-state index < -0.39 is 10.0 Å². The molecule has 2 aromatic heterocycles. The van der Waals surface area contributed by atoms with Crippen LogP contribution in [0.15, 0.2) is 55.3 Å². The molecule has 4 rings (SSSR count). The van der Waals surface area contributed by atoms with Crippen molar-refractivity contribution in [2.75, 3.05) is 6.26 Å².